The molecule has 1 unspecified atom stereocenters. The van der Waals surface area contributed by atoms with Gasteiger partial charge in [0.15, 0.2) is 0 Å². The van der Waals surface area contributed by atoms with E-state index in [4.69, 9.17) is 22.1 Å². The van der Waals surface area contributed by atoms with Gasteiger partial charge in [-0.15, -0.1) is 0 Å². The summed E-state index contributed by atoms with van der Waals surface area (Å²) in [5, 5.41) is 0.700. The first-order valence-electron chi connectivity index (χ1n) is 6.44. The second-order valence-electron chi connectivity index (χ2n) is 4.45. The smallest absolute Gasteiger partial charge is 0.119 e. The fourth-order valence-electron chi connectivity index (χ4n) is 1.91. The number of hydrogen-bond acceptors (Lipinski definition) is 2. The van der Waals surface area contributed by atoms with E-state index in [9.17, 15) is 0 Å². The lowest BCUT2D eigenvalue weighted by molar-refractivity contribution is 0.317. The van der Waals surface area contributed by atoms with Gasteiger partial charge in [0, 0.05) is 5.02 Å². The van der Waals surface area contributed by atoms with Crippen molar-refractivity contribution in [3.8, 4) is 5.75 Å². The van der Waals surface area contributed by atoms with Crippen LogP contribution < -0.4 is 10.5 Å². The molecule has 0 heterocycles. The molecule has 2 nitrogen and oxygen atoms in total. The highest BCUT2D eigenvalue weighted by Crippen LogP contribution is 2.25. The molecule has 0 aliphatic carbocycles. The third-order valence-corrected chi connectivity index (χ3v) is 3.13. The molecule has 0 spiro atoms. The summed E-state index contributed by atoms with van der Waals surface area (Å²) in [5.41, 5.74) is 8.29. The van der Waals surface area contributed by atoms with E-state index in [0.717, 1.165) is 29.9 Å². The summed E-state index contributed by atoms with van der Waals surface area (Å²) in [5.74, 6) is 0.858. The molecular weight excluding hydrogens is 258 g/mol. The lowest BCUT2D eigenvalue weighted by Gasteiger charge is -2.14. The third kappa shape index (κ3) is 3.72. The highest BCUT2D eigenvalue weighted by Gasteiger charge is 2.10. The van der Waals surface area contributed by atoms with Gasteiger partial charge in [-0.05, 0) is 41.8 Å². The molecule has 2 N–H and O–H groups in total. The topological polar surface area (TPSA) is 35.2 Å². The van der Waals surface area contributed by atoms with Gasteiger partial charge in [-0.2, -0.15) is 0 Å². The number of hydrogen-bond donors (Lipinski definition) is 1. The van der Waals surface area contributed by atoms with Crippen LogP contribution in [-0.4, -0.2) is 6.61 Å². The number of rotatable bonds is 5. The second kappa shape index (κ2) is 6.60. The van der Waals surface area contributed by atoms with E-state index in [0.29, 0.717) is 5.02 Å². The standard InChI is InChI=1S/C16H18ClNO/c1-2-9-19-15-8-4-6-13(11-15)16(18)12-5-3-7-14(17)10-12/h3-8,10-11,16H,2,9,18H2,1H3. The van der Waals surface area contributed by atoms with Gasteiger partial charge in [-0.1, -0.05) is 42.8 Å². The Bertz CT molecular complexity index is 542. The second-order valence-corrected chi connectivity index (χ2v) is 4.89. The Labute approximate surface area is 119 Å². The minimum Gasteiger partial charge on any atom is -0.494 e. The quantitative estimate of drug-likeness (QED) is 0.888. The van der Waals surface area contributed by atoms with Crippen molar-refractivity contribution in [2.75, 3.05) is 6.61 Å². The zero-order valence-corrected chi connectivity index (χ0v) is 11.7. The molecule has 0 amide bonds. The number of ether oxygens (including phenoxy) is 1. The molecule has 100 valence electrons. The van der Waals surface area contributed by atoms with Crippen LogP contribution in [0, 0.1) is 0 Å². The summed E-state index contributed by atoms with van der Waals surface area (Å²) in [6, 6.07) is 15.3. The fourth-order valence-corrected chi connectivity index (χ4v) is 2.11. The third-order valence-electron chi connectivity index (χ3n) is 2.90. The molecule has 0 fully saturated rings. The van der Waals surface area contributed by atoms with Crippen molar-refractivity contribution < 1.29 is 4.74 Å². The average molecular weight is 276 g/mol. The Hall–Kier alpha value is -1.51. The Morgan fingerprint density at radius 1 is 1.11 bits per heavy atom. The fraction of sp³-hybridized carbons (Fsp3) is 0.250. The summed E-state index contributed by atoms with van der Waals surface area (Å²) < 4.78 is 5.62. The van der Waals surface area contributed by atoms with E-state index < -0.39 is 0 Å². The largest absolute Gasteiger partial charge is 0.494 e. The van der Waals surface area contributed by atoms with Gasteiger partial charge in [0.1, 0.15) is 5.75 Å². The van der Waals surface area contributed by atoms with Gasteiger partial charge < -0.3 is 10.5 Å². The van der Waals surface area contributed by atoms with E-state index in [2.05, 4.69) is 6.92 Å². The van der Waals surface area contributed by atoms with Crippen LogP contribution >= 0.6 is 11.6 Å². The highest BCUT2D eigenvalue weighted by atomic mass is 35.5. The van der Waals surface area contributed by atoms with Gasteiger partial charge in [0.2, 0.25) is 0 Å². The molecule has 0 bridgehead atoms. The molecule has 0 aromatic heterocycles. The first-order valence-corrected chi connectivity index (χ1v) is 6.82. The molecule has 0 saturated carbocycles. The van der Waals surface area contributed by atoms with E-state index in [1.807, 2.05) is 48.5 Å². The molecule has 0 aliphatic heterocycles. The lowest BCUT2D eigenvalue weighted by atomic mass is 9.99. The first-order chi connectivity index (χ1) is 9.20. The van der Waals surface area contributed by atoms with Gasteiger partial charge in [-0.3, -0.25) is 0 Å². The zero-order chi connectivity index (χ0) is 13.7. The summed E-state index contributed by atoms with van der Waals surface area (Å²) >= 11 is 6.00. The van der Waals surface area contributed by atoms with Crippen molar-refractivity contribution in [1.82, 2.24) is 0 Å². The normalized spacial score (nSPS) is 12.2. The van der Waals surface area contributed by atoms with Crippen LogP contribution in [-0.2, 0) is 0 Å². The minimum atomic E-state index is -0.191. The highest BCUT2D eigenvalue weighted by molar-refractivity contribution is 6.30. The molecule has 3 heteroatoms. The van der Waals surface area contributed by atoms with Crippen molar-refractivity contribution >= 4 is 11.6 Å². The summed E-state index contributed by atoms with van der Waals surface area (Å²) in [6.07, 6.45) is 0.991. The molecule has 2 aromatic rings. The lowest BCUT2D eigenvalue weighted by Crippen LogP contribution is -2.11. The first kappa shape index (κ1) is 13.9. The maximum atomic E-state index is 6.27. The Morgan fingerprint density at radius 3 is 2.47 bits per heavy atom. The molecule has 0 radical (unpaired) electrons. The zero-order valence-electron chi connectivity index (χ0n) is 11.0. The van der Waals surface area contributed by atoms with Gasteiger partial charge in [-0.25, -0.2) is 0 Å². The van der Waals surface area contributed by atoms with Crippen molar-refractivity contribution in [3.05, 3.63) is 64.7 Å². The number of benzene rings is 2. The summed E-state index contributed by atoms with van der Waals surface area (Å²) in [6.45, 7) is 2.80. The SMILES string of the molecule is CCCOc1cccc(C(N)c2cccc(Cl)c2)c1. The molecule has 0 aliphatic rings. The van der Waals surface area contributed by atoms with E-state index >= 15 is 0 Å². The van der Waals surface area contributed by atoms with Gasteiger partial charge >= 0.3 is 0 Å². The predicted molar refractivity (Wildman–Crippen MR) is 79.7 cm³/mol. The molecule has 2 aromatic carbocycles. The van der Waals surface area contributed by atoms with E-state index in [1.54, 1.807) is 0 Å². The Morgan fingerprint density at radius 2 is 1.79 bits per heavy atom. The minimum absolute atomic E-state index is 0.191. The van der Waals surface area contributed by atoms with Crippen LogP contribution in [0.5, 0.6) is 5.75 Å². The summed E-state index contributed by atoms with van der Waals surface area (Å²) in [4.78, 5) is 0. The predicted octanol–water partition coefficient (Wildman–Crippen LogP) is 4.18. The van der Waals surface area contributed by atoms with Crippen LogP contribution in [0.4, 0.5) is 0 Å². The van der Waals surface area contributed by atoms with Crippen molar-refractivity contribution in [2.45, 2.75) is 19.4 Å². The van der Waals surface area contributed by atoms with Crippen molar-refractivity contribution in [3.63, 3.8) is 0 Å². The number of halogens is 1. The van der Waals surface area contributed by atoms with Crippen molar-refractivity contribution in [2.24, 2.45) is 5.73 Å². The van der Waals surface area contributed by atoms with Crippen LogP contribution in [0.25, 0.3) is 0 Å². The Balaban J connectivity index is 2.21. The molecule has 0 saturated heterocycles. The Kier molecular flexibility index (Phi) is 4.83. The monoisotopic (exact) mass is 275 g/mol. The molecule has 2 rings (SSSR count). The van der Waals surface area contributed by atoms with Crippen LogP contribution in [0.15, 0.2) is 48.5 Å². The molecular formula is C16H18ClNO. The van der Waals surface area contributed by atoms with Gasteiger partial charge in [0.25, 0.3) is 0 Å². The van der Waals surface area contributed by atoms with Gasteiger partial charge in [0.05, 0.1) is 12.6 Å². The maximum Gasteiger partial charge on any atom is 0.119 e. The van der Waals surface area contributed by atoms with Crippen LogP contribution in [0.3, 0.4) is 0 Å². The molecule has 19 heavy (non-hydrogen) atoms. The average Bonchev–Trinajstić information content (AvgIpc) is 2.44. The van der Waals surface area contributed by atoms with Crippen LogP contribution in [0.1, 0.15) is 30.5 Å². The van der Waals surface area contributed by atoms with Crippen LogP contribution in [0.2, 0.25) is 5.02 Å². The van der Waals surface area contributed by atoms with E-state index in [-0.39, 0.29) is 6.04 Å². The summed E-state index contributed by atoms with van der Waals surface area (Å²) in [7, 11) is 0. The maximum absolute atomic E-state index is 6.27. The van der Waals surface area contributed by atoms with E-state index in [1.165, 1.54) is 0 Å². The number of nitrogens with two attached hydrogens (primary N) is 1. The van der Waals surface area contributed by atoms with Crippen molar-refractivity contribution in [1.29, 1.82) is 0 Å². The molecule has 1 atom stereocenters.